The van der Waals surface area contributed by atoms with Crippen LogP contribution in [0.25, 0.3) is 16.8 Å². The Labute approximate surface area is 215 Å². The molecule has 1 saturated heterocycles. The van der Waals surface area contributed by atoms with Gasteiger partial charge in [0, 0.05) is 12.1 Å². The molecular weight excluding hydrogens is 492 g/mol. The van der Waals surface area contributed by atoms with Crippen molar-refractivity contribution in [1.82, 2.24) is 4.90 Å². The van der Waals surface area contributed by atoms with Crippen LogP contribution in [0.2, 0.25) is 0 Å². The van der Waals surface area contributed by atoms with E-state index in [4.69, 9.17) is 4.74 Å². The fourth-order valence-corrected chi connectivity index (χ4v) is 4.81. The number of nitro groups is 1. The van der Waals surface area contributed by atoms with Crippen molar-refractivity contribution in [2.45, 2.75) is 6.54 Å². The summed E-state index contributed by atoms with van der Waals surface area (Å²) < 4.78 is 5.37. The summed E-state index contributed by atoms with van der Waals surface area (Å²) in [6.07, 6.45) is 1.57. The van der Waals surface area contributed by atoms with E-state index in [1.165, 1.54) is 23.1 Å². The topological polar surface area (TPSA) is 107 Å². The number of hydrogen-bond acceptors (Lipinski definition) is 7. The third-order valence-electron chi connectivity index (χ3n) is 5.74. The Morgan fingerprint density at radius 2 is 1.70 bits per heavy atom. The van der Waals surface area contributed by atoms with Gasteiger partial charge >= 0.3 is 5.97 Å². The van der Waals surface area contributed by atoms with Crippen molar-refractivity contribution < 1.29 is 24.0 Å². The van der Waals surface area contributed by atoms with Crippen LogP contribution in [0.15, 0.2) is 95.9 Å². The highest BCUT2D eigenvalue weighted by atomic mass is 32.2. The molecule has 5 rings (SSSR count). The monoisotopic (exact) mass is 510 g/mol. The van der Waals surface area contributed by atoms with Gasteiger partial charge in [-0.05, 0) is 57.9 Å². The lowest BCUT2D eigenvalue weighted by Gasteiger charge is -2.14. The average Bonchev–Trinajstić information content (AvgIpc) is 3.16. The Kier molecular flexibility index (Phi) is 6.53. The molecule has 1 aliphatic rings. The smallest absolute Gasteiger partial charge is 0.343 e. The summed E-state index contributed by atoms with van der Waals surface area (Å²) in [4.78, 5) is 50.1. The first-order chi connectivity index (χ1) is 17.9. The number of carbonyl (C=O) groups excluding carboxylic acids is 3. The Hall–Kier alpha value is -4.76. The second kappa shape index (κ2) is 10.1. The maximum atomic E-state index is 13.1. The summed E-state index contributed by atoms with van der Waals surface area (Å²) in [5.74, 6) is -0.960. The zero-order valence-electron chi connectivity index (χ0n) is 19.2. The molecule has 1 heterocycles. The summed E-state index contributed by atoms with van der Waals surface area (Å²) in [5.41, 5.74) is 1.24. The number of fused-ring (bicyclic) bond motifs is 1. The first-order valence-electron chi connectivity index (χ1n) is 11.2. The molecule has 0 bridgehead atoms. The van der Waals surface area contributed by atoms with E-state index in [2.05, 4.69) is 0 Å². The molecule has 0 N–H and O–H groups in total. The number of esters is 1. The van der Waals surface area contributed by atoms with Crippen LogP contribution in [0.4, 0.5) is 10.5 Å². The van der Waals surface area contributed by atoms with Gasteiger partial charge in [0.25, 0.3) is 16.8 Å². The van der Waals surface area contributed by atoms with E-state index in [9.17, 15) is 24.5 Å². The predicted molar refractivity (Wildman–Crippen MR) is 140 cm³/mol. The highest BCUT2D eigenvalue weighted by molar-refractivity contribution is 8.18. The van der Waals surface area contributed by atoms with Gasteiger partial charge in [-0.2, -0.15) is 0 Å². The largest absolute Gasteiger partial charge is 0.423 e. The van der Waals surface area contributed by atoms with E-state index in [-0.39, 0.29) is 33.7 Å². The Bertz CT molecular complexity index is 1610. The molecule has 2 amide bonds. The van der Waals surface area contributed by atoms with Crippen molar-refractivity contribution in [1.29, 1.82) is 0 Å². The molecule has 0 aliphatic carbocycles. The fourth-order valence-electron chi connectivity index (χ4n) is 3.97. The highest BCUT2D eigenvalue weighted by Gasteiger charge is 2.35. The quantitative estimate of drug-likeness (QED) is 0.0999. The number of ether oxygens (including phenoxy) is 1. The number of rotatable bonds is 6. The van der Waals surface area contributed by atoms with Crippen molar-refractivity contribution in [2.75, 3.05) is 0 Å². The molecule has 9 heteroatoms. The number of amides is 2. The zero-order valence-corrected chi connectivity index (χ0v) is 20.0. The molecule has 8 nitrogen and oxygen atoms in total. The molecule has 4 aromatic carbocycles. The second-order valence-electron chi connectivity index (χ2n) is 8.18. The number of non-ortho nitro benzene ring substituents is 1. The van der Waals surface area contributed by atoms with Crippen LogP contribution in [0.3, 0.4) is 0 Å². The summed E-state index contributed by atoms with van der Waals surface area (Å²) in [6.45, 7) is 0.157. The van der Waals surface area contributed by atoms with Crippen molar-refractivity contribution in [2.24, 2.45) is 0 Å². The molecule has 0 unspecified atom stereocenters. The Balaban J connectivity index is 1.33. The first-order valence-corrected chi connectivity index (χ1v) is 12.0. The molecule has 0 aromatic heterocycles. The summed E-state index contributed by atoms with van der Waals surface area (Å²) in [5, 5.41) is 12.6. The average molecular weight is 511 g/mol. The molecule has 0 saturated carbocycles. The molecule has 1 fully saturated rings. The van der Waals surface area contributed by atoms with Gasteiger partial charge in [0.05, 0.1) is 21.9 Å². The van der Waals surface area contributed by atoms with Gasteiger partial charge in [0.2, 0.25) is 0 Å². The zero-order chi connectivity index (χ0) is 25.9. The van der Waals surface area contributed by atoms with E-state index in [1.54, 1.807) is 30.3 Å². The number of nitro benzene ring substituents is 1. The van der Waals surface area contributed by atoms with Crippen molar-refractivity contribution >= 4 is 51.4 Å². The Morgan fingerprint density at radius 1 is 0.946 bits per heavy atom. The molecule has 182 valence electrons. The van der Waals surface area contributed by atoms with Crippen LogP contribution < -0.4 is 4.74 Å². The van der Waals surface area contributed by atoms with Gasteiger partial charge in [-0.25, -0.2) is 4.79 Å². The van der Waals surface area contributed by atoms with Crippen LogP contribution in [0.5, 0.6) is 5.75 Å². The minimum Gasteiger partial charge on any atom is -0.423 e. The standard InChI is InChI=1S/C28H18N2O6S/c31-26-25(37-28(33)29(26)17-21-10-4-8-19-7-1-2-13-24(19)21)15-18-6-3-12-23(14-18)36-27(32)20-9-5-11-22(16-20)30(34)35/h1-16H,17H2/b25-15-. The Morgan fingerprint density at radius 3 is 2.54 bits per heavy atom. The molecule has 0 atom stereocenters. The van der Waals surface area contributed by atoms with Crippen molar-refractivity contribution in [3.8, 4) is 5.75 Å². The number of thioether (sulfide) groups is 1. The second-order valence-corrected chi connectivity index (χ2v) is 9.17. The molecular formula is C28H18N2O6S. The lowest BCUT2D eigenvalue weighted by Crippen LogP contribution is -2.27. The number of benzene rings is 4. The first kappa shape index (κ1) is 24.0. The maximum absolute atomic E-state index is 13.1. The third-order valence-corrected chi connectivity index (χ3v) is 6.65. The van der Waals surface area contributed by atoms with Gasteiger partial charge in [-0.3, -0.25) is 24.6 Å². The van der Waals surface area contributed by atoms with Crippen molar-refractivity contribution in [3.63, 3.8) is 0 Å². The van der Waals surface area contributed by atoms with Crippen LogP contribution in [-0.4, -0.2) is 26.9 Å². The fraction of sp³-hybridized carbons (Fsp3) is 0.0357. The number of carbonyl (C=O) groups is 3. The number of nitrogens with zero attached hydrogens (tertiary/aromatic N) is 2. The lowest BCUT2D eigenvalue weighted by atomic mass is 10.0. The molecule has 1 aliphatic heterocycles. The van der Waals surface area contributed by atoms with Gasteiger partial charge in [0.15, 0.2) is 0 Å². The van der Waals surface area contributed by atoms with E-state index in [0.717, 1.165) is 34.2 Å². The van der Waals surface area contributed by atoms with Crippen LogP contribution in [0.1, 0.15) is 21.5 Å². The third kappa shape index (κ3) is 5.12. The van der Waals surface area contributed by atoms with Crippen LogP contribution >= 0.6 is 11.8 Å². The van der Waals surface area contributed by atoms with Gasteiger partial charge in [0.1, 0.15) is 5.75 Å². The minimum atomic E-state index is -0.753. The van der Waals surface area contributed by atoms with Crippen LogP contribution in [0, 0.1) is 10.1 Å². The predicted octanol–water partition coefficient (Wildman–Crippen LogP) is 6.20. The highest BCUT2D eigenvalue weighted by Crippen LogP contribution is 2.34. The summed E-state index contributed by atoms with van der Waals surface area (Å²) in [7, 11) is 0. The van der Waals surface area contributed by atoms with Gasteiger partial charge in [-0.15, -0.1) is 0 Å². The van der Waals surface area contributed by atoms with E-state index in [1.807, 2.05) is 42.5 Å². The molecule has 37 heavy (non-hydrogen) atoms. The summed E-state index contributed by atoms with van der Waals surface area (Å²) in [6, 6.07) is 25.3. The molecule has 4 aromatic rings. The van der Waals surface area contributed by atoms with Crippen LogP contribution in [-0.2, 0) is 11.3 Å². The normalized spacial score (nSPS) is 14.4. The molecule has 0 radical (unpaired) electrons. The van der Waals surface area contributed by atoms with Gasteiger partial charge < -0.3 is 4.74 Å². The maximum Gasteiger partial charge on any atom is 0.343 e. The van der Waals surface area contributed by atoms with E-state index in [0.29, 0.717) is 5.56 Å². The SMILES string of the molecule is O=C(Oc1cccc(/C=C2\SC(=O)N(Cc3cccc4ccccc34)C2=O)c1)c1cccc([N+](=O)[O-])c1. The van der Waals surface area contributed by atoms with E-state index >= 15 is 0 Å². The van der Waals surface area contributed by atoms with E-state index < -0.39 is 16.8 Å². The summed E-state index contributed by atoms with van der Waals surface area (Å²) >= 11 is 0.849. The number of hydrogen-bond donors (Lipinski definition) is 0. The molecule has 0 spiro atoms. The number of imide groups is 1. The van der Waals surface area contributed by atoms with Crippen molar-refractivity contribution in [3.05, 3.63) is 123 Å². The minimum absolute atomic E-state index is 0.0363. The van der Waals surface area contributed by atoms with Gasteiger partial charge in [-0.1, -0.05) is 60.7 Å². The lowest BCUT2D eigenvalue weighted by molar-refractivity contribution is -0.384.